The van der Waals surface area contributed by atoms with Crippen LogP contribution in [-0.4, -0.2) is 48.9 Å². The number of rotatable bonds is 4. The van der Waals surface area contributed by atoms with Gasteiger partial charge in [0.25, 0.3) is 5.91 Å². The number of amides is 1. The second kappa shape index (κ2) is 7.05. The molecular formula is C20H21N3O2S2. The van der Waals surface area contributed by atoms with Gasteiger partial charge in [0.2, 0.25) is 0 Å². The molecule has 7 heteroatoms. The van der Waals surface area contributed by atoms with E-state index in [1.54, 1.807) is 23.8 Å². The van der Waals surface area contributed by atoms with Gasteiger partial charge in [-0.15, -0.1) is 11.8 Å². The number of benzene rings is 2. The summed E-state index contributed by atoms with van der Waals surface area (Å²) in [6, 6.07) is 15.7. The summed E-state index contributed by atoms with van der Waals surface area (Å²) in [6.07, 6.45) is 0. The second-order valence-corrected chi connectivity index (χ2v) is 8.23. The quantitative estimate of drug-likeness (QED) is 0.733. The number of thiocarbonyl (C=S) groups is 1. The Hall–Kier alpha value is -2.25. The van der Waals surface area contributed by atoms with Gasteiger partial charge in [-0.3, -0.25) is 9.69 Å². The molecule has 0 unspecified atom stereocenters. The van der Waals surface area contributed by atoms with Gasteiger partial charge in [0.15, 0.2) is 5.11 Å². The van der Waals surface area contributed by atoms with E-state index in [0.29, 0.717) is 5.11 Å². The van der Waals surface area contributed by atoms with Crippen molar-refractivity contribution >= 4 is 46.4 Å². The van der Waals surface area contributed by atoms with Gasteiger partial charge in [-0.2, -0.15) is 0 Å². The second-order valence-electron chi connectivity index (χ2n) is 6.75. The van der Waals surface area contributed by atoms with Crippen LogP contribution in [0.25, 0.3) is 0 Å². The molecule has 0 aromatic heterocycles. The van der Waals surface area contributed by atoms with E-state index in [2.05, 4.69) is 34.1 Å². The van der Waals surface area contributed by atoms with E-state index in [9.17, 15) is 4.79 Å². The summed E-state index contributed by atoms with van der Waals surface area (Å²) in [4.78, 5) is 18.8. The van der Waals surface area contributed by atoms with Crippen molar-refractivity contribution in [3.8, 4) is 5.75 Å². The molecule has 0 radical (unpaired) electrons. The van der Waals surface area contributed by atoms with Crippen molar-refractivity contribution < 1.29 is 9.53 Å². The number of carbonyl (C=O) groups excluding carboxylic acids is 1. The number of hydrogen-bond donors (Lipinski definition) is 0. The maximum Gasteiger partial charge on any atom is 0.257 e. The summed E-state index contributed by atoms with van der Waals surface area (Å²) in [5.74, 6) is 1.54. The molecular weight excluding hydrogens is 378 g/mol. The third-order valence-corrected chi connectivity index (χ3v) is 6.66. The number of hydrogen-bond acceptors (Lipinski definition) is 5. The lowest BCUT2D eigenvalue weighted by atomic mass is 10.1. The summed E-state index contributed by atoms with van der Waals surface area (Å²) in [6.45, 7) is 0. The van der Waals surface area contributed by atoms with Crippen LogP contribution < -0.4 is 14.5 Å². The van der Waals surface area contributed by atoms with Crippen LogP contribution in [0.5, 0.6) is 5.75 Å². The van der Waals surface area contributed by atoms with Gasteiger partial charge < -0.3 is 14.5 Å². The van der Waals surface area contributed by atoms with E-state index < -0.39 is 0 Å². The molecule has 0 aliphatic carbocycles. The molecule has 2 saturated heterocycles. The summed E-state index contributed by atoms with van der Waals surface area (Å²) in [5.41, 5.74) is 3.10. The molecule has 2 atom stereocenters. The van der Waals surface area contributed by atoms with Crippen molar-refractivity contribution in [2.24, 2.45) is 0 Å². The fourth-order valence-electron chi connectivity index (χ4n) is 3.45. The molecule has 2 heterocycles. The Kier molecular flexibility index (Phi) is 4.74. The number of thioether (sulfide) groups is 1. The van der Waals surface area contributed by atoms with Gasteiger partial charge in [-0.1, -0.05) is 12.1 Å². The zero-order valence-corrected chi connectivity index (χ0v) is 17.1. The lowest BCUT2D eigenvalue weighted by molar-refractivity contribution is -0.119. The maximum absolute atomic E-state index is 13.0. The number of fused-ring (bicyclic) bond motifs is 1. The van der Waals surface area contributed by atoms with Crippen molar-refractivity contribution in [3.63, 3.8) is 0 Å². The molecule has 0 spiro atoms. The highest BCUT2D eigenvalue weighted by Gasteiger charge is 2.50. The van der Waals surface area contributed by atoms with Crippen LogP contribution in [0.15, 0.2) is 48.5 Å². The average molecular weight is 400 g/mol. The number of nitrogens with zero attached hydrogens (tertiary/aromatic N) is 3. The van der Waals surface area contributed by atoms with Crippen molar-refractivity contribution in [1.29, 1.82) is 0 Å². The molecule has 27 heavy (non-hydrogen) atoms. The first-order valence-corrected chi connectivity index (χ1v) is 10.2. The molecule has 2 aliphatic heterocycles. The van der Waals surface area contributed by atoms with Crippen LogP contribution in [0.4, 0.5) is 11.4 Å². The molecule has 2 aliphatic rings. The zero-order chi connectivity index (χ0) is 19.1. The monoisotopic (exact) mass is 399 g/mol. The smallest absolute Gasteiger partial charge is 0.257 e. The van der Waals surface area contributed by atoms with E-state index in [1.165, 1.54) is 5.56 Å². The number of carbonyl (C=O) groups is 1. The summed E-state index contributed by atoms with van der Waals surface area (Å²) >= 11 is 7.49. The van der Waals surface area contributed by atoms with E-state index in [1.807, 2.05) is 38.4 Å². The first kappa shape index (κ1) is 18.1. The fraction of sp³-hybridized carbons (Fsp3) is 0.300. The SMILES string of the molecule is COc1ccc(N2C(=O)[C@@H]3CS[C@H](c4ccc(N(C)C)cc4)N3C2=S)cc1. The molecule has 4 rings (SSSR count). The summed E-state index contributed by atoms with van der Waals surface area (Å²) < 4.78 is 5.21. The largest absolute Gasteiger partial charge is 0.497 e. The number of ether oxygens (including phenoxy) is 1. The predicted octanol–water partition coefficient (Wildman–Crippen LogP) is 3.51. The van der Waals surface area contributed by atoms with Gasteiger partial charge in [-0.25, -0.2) is 0 Å². The van der Waals surface area contributed by atoms with Crippen LogP contribution in [0, 0.1) is 0 Å². The lowest BCUT2D eigenvalue weighted by Crippen LogP contribution is -2.33. The highest BCUT2D eigenvalue weighted by molar-refractivity contribution is 7.99. The first-order valence-electron chi connectivity index (χ1n) is 8.70. The summed E-state index contributed by atoms with van der Waals surface area (Å²) in [7, 11) is 5.67. The Bertz CT molecular complexity index is 868. The Balaban J connectivity index is 1.61. The van der Waals surface area contributed by atoms with E-state index in [-0.39, 0.29) is 17.3 Å². The van der Waals surface area contributed by atoms with Crippen molar-refractivity contribution in [3.05, 3.63) is 54.1 Å². The minimum atomic E-state index is -0.205. The highest BCUT2D eigenvalue weighted by Crippen LogP contribution is 2.46. The van der Waals surface area contributed by atoms with Gasteiger partial charge in [-0.05, 0) is 54.2 Å². The predicted molar refractivity (Wildman–Crippen MR) is 115 cm³/mol. The number of anilines is 2. The van der Waals surface area contributed by atoms with Crippen molar-refractivity contribution in [2.75, 3.05) is 36.8 Å². The Morgan fingerprint density at radius 3 is 2.37 bits per heavy atom. The Labute approximate surface area is 168 Å². The molecule has 1 amide bonds. The third kappa shape index (κ3) is 3.04. The lowest BCUT2D eigenvalue weighted by Gasteiger charge is -2.26. The third-order valence-electron chi connectivity index (χ3n) is 4.94. The zero-order valence-electron chi connectivity index (χ0n) is 15.5. The van der Waals surface area contributed by atoms with Crippen LogP contribution in [0.1, 0.15) is 10.9 Å². The molecule has 2 fully saturated rings. The van der Waals surface area contributed by atoms with Crippen LogP contribution in [0.2, 0.25) is 0 Å². The molecule has 0 N–H and O–H groups in total. The van der Waals surface area contributed by atoms with Gasteiger partial charge >= 0.3 is 0 Å². The Morgan fingerprint density at radius 2 is 1.78 bits per heavy atom. The summed E-state index contributed by atoms with van der Waals surface area (Å²) in [5, 5.41) is 0.632. The van der Waals surface area contributed by atoms with Gasteiger partial charge in [0.1, 0.15) is 17.2 Å². The molecule has 0 saturated carbocycles. The van der Waals surface area contributed by atoms with Crippen molar-refractivity contribution in [1.82, 2.24) is 4.90 Å². The fourth-order valence-corrected chi connectivity index (χ4v) is 5.37. The Morgan fingerprint density at radius 1 is 1.11 bits per heavy atom. The molecule has 2 aromatic carbocycles. The highest BCUT2D eigenvalue weighted by atomic mass is 32.2. The molecule has 5 nitrogen and oxygen atoms in total. The number of methoxy groups -OCH3 is 1. The van der Waals surface area contributed by atoms with E-state index >= 15 is 0 Å². The average Bonchev–Trinajstić information content (AvgIpc) is 3.22. The molecule has 2 aromatic rings. The van der Waals surface area contributed by atoms with E-state index in [0.717, 1.165) is 22.9 Å². The van der Waals surface area contributed by atoms with Crippen LogP contribution >= 0.6 is 24.0 Å². The molecule has 140 valence electrons. The van der Waals surface area contributed by atoms with Gasteiger partial charge in [0, 0.05) is 25.5 Å². The standard InChI is InChI=1S/C20H21N3O2S2/c1-21(2)14-6-4-13(5-7-14)19-23-17(12-27-19)18(24)22(20(23)26)15-8-10-16(25-3)11-9-15/h4-11,17,19H,12H2,1-3H3/t17-,19+/m0/s1. The normalized spacial score (nSPS) is 21.6. The van der Waals surface area contributed by atoms with E-state index in [4.69, 9.17) is 17.0 Å². The minimum absolute atomic E-state index is 0.0464. The maximum atomic E-state index is 13.0. The first-order chi connectivity index (χ1) is 13.0. The van der Waals surface area contributed by atoms with Crippen LogP contribution in [0.3, 0.4) is 0 Å². The van der Waals surface area contributed by atoms with Gasteiger partial charge in [0.05, 0.1) is 12.8 Å². The van der Waals surface area contributed by atoms with Crippen LogP contribution in [-0.2, 0) is 4.79 Å². The minimum Gasteiger partial charge on any atom is -0.497 e. The van der Waals surface area contributed by atoms with Crippen molar-refractivity contribution in [2.45, 2.75) is 11.4 Å². The molecule has 0 bridgehead atoms. The topological polar surface area (TPSA) is 36.0 Å².